The molecule has 0 bridgehead atoms. The first-order valence-electron chi connectivity index (χ1n) is 5.53. The fourth-order valence-electron chi connectivity index (χ4n) is 2.01. The number of halogens is 2. The van der Waals surface area contributed by atoms with E-state index < -0.39 is 0 Å². The second-order valence-corrected chi connectivity index (χ2v) is 5.41. The predicted molar refractivity (Wildman–Crippen MR) is 62.7 cm³/mol. The van der Waals surface area contributed by atoms with Gasteiger partial charge in [0.05, 0.1) is 4.90 Å². The Morgan fingerprint density at radius 2 is 2.00 bits per heavy atom. The number of thioether (sulfide) groups is 1. The summed E-state index contributed by atoms with van der Waals surface area (Å²) >= 11 is 1.41. The summed E-state index contributed by atoms with van der Waals surface area (Å²) in [5.41, 5.74) is 0.506. The molecule has 1 aliphatic rings. The molecule has 1 N–H and O–H groups in total. The lowest BCUT2D eigenvalue weighted by atomic mass is 10.0. The zero-order valence-electron chi connectivity index (χ0n) is 9.39. The van der Waals surface area contributed by atoms with Crippen LogP contribution in [-0.4, -0.2) is 11.8 Å². The monoisotopic (exact) mass is 243 g/mol. The third-order valence-electron chi connectivity index (χ3n) is 2.79. The van der Waals surface area contributed by atoms with Gasteiger partial charge in [-0.05, 0) is 25.1 Å². The van der Waals surface area contributed by atoms with Crippen LogP contribution in [0.15, 0.2) is 17.0 Å². The second-order valence-electron chi connectivity index (χ2n) is 4.03. The Morgan fingerprint density at radius 1 is 1.31 bits per heavy atom. The molecule has 2 atom stereocenters. The van der Waals surface area contributed by atoms with Crippen molar-refractivity contribution >= 4 is 11.8 Å². The third kappa shape index (κ3) is 1.96. The number of hydrogen-bond donors (Lipinski definition) is 1. The van der Waals surface area contributed by atoms with Crippen molar-refractivity contribution in [2.45, 2.75) is 36.5 Å². The summed E-state index contributed by atoms with van der Waals surface area (Å²) < 4.78 is 27.2. The maximum absolute atomic E-state index is 13.7. The van der Waals surface area contributed by atoms with Gasteiger partial charge in [-0.3, -0.25) is 0 Å². The first-order valence-corrected chi connectivity index (χ1v) is 6.41. The minimum absolute atomic E-state index is 0.0735. The van der Waals surface area contributed by atoms with Crippen LogP contribution >= 0.6 is 11.8 Å². The highest BCUT2D eigenvalue weighted by molar-refractivity contribution is 8.00. The average Bonchev–Trinajstić information content (AvgIpc) is 2.59. The van der Waals surface area contributed by atoms with Crippen LogP contribution in [-0.2, 0) is 0 Å². The molecule has 16 heavy (non-hydrogen) atoms. The van der Waals surface area contributed by atoms with Crippen molar-refractivity contribution in [2.75, 3.05) is 6.54 Å². The molecule has 1 aromatic carbocycles. The minimum atomic E-state index is -0.311. The first kappa shape index (κ1) is 11.9. The molecule has 1 nitrogen and oxygen atoms in total. The molecule has 0 spiro atoms. The Labute approximate surface area is 98.6 Å². The van der Waals surface area contributed by atoms with E-state index >= 15 is 0 Å². The highest BCUT2D eigenvalue weighted by Crippen LogP contribution is 2.46. The summed E-state index contributed by atoms with van der Waals surface area (Å²) in [5, 5.41) is 3.45. The van der Waals surface area contributed by atoms with Gasteiger partial charge in [-0.25, -0.2) is 8.78 Å². The Kier molecular flexibility index (Phi) is 3.50. The largest absolute Gasteiger partial charge is 0.309 e. The van der Waals surface area contributed by atoms with Crippen LogP contribution in [0.1, 0.15) is 31.9 Å². The van der Waals surface area contributed by atoms with Gasteiger partial charge in [0.1, 0.15) is 11.6 Å². The van der Waals surface area contributed by atoms with Crippen LogP contribution in [0.25, 0.3) is 0 Å². The summed E-state index contributed by atoms with van der Waals surface area (Å²) in [4.78, 5) is 0.473. The Balaban J connectivity index is 2.35. The fraction of sp³-hybridized carbons (Fsp3) is 0.500. The van der Waals surface area contributed by atoms with E-state index in [9.17, 15) is 8.78 Å². The molecular weight excluding hydrogens is 228 g/mol. The molecule has 0 saturated heterocycles. The first-order chi connectivity index (χ1) is 7.65. The number of rotatable bonds is 3. The maximum atomic E-state index is 13.7. The van der Waals surface area contributed by atoms with Crippen molar-refractivity contribution in [2.24, 2.45) is 0 Å². The van der Waals surface area contributed by atoms with Crippen LogP contribution < -0.4 is 5.32 Å². The summed E-state index contributed by atoms with van der Waals surface area (Å²) in [6.07, 6.45) is 0.986. The molecule has 4 heteroatoms. The zero-order chi connectivity index (χ0) is 11.7. The fourth-order valence-corrected chi connectivity index (χ4v) is 3.29. The van der Waals surface area contributed by atoms with E-state index in [1.165, 1.54) is 23.9 Å². The molecule has 0 amide bonds. The van der Waals surface area contributed by atoms with Crippen LogP contribution in [0, 0.1) is 11.6 Å². The normalized spacial score (nSPS) is 23.5. The number of hydrogen-bond acceptors (Lipinski definition) is 2. The molecule has 1 heterocycles. The summed E-state index contributed by atoms with van der Waals surface area (Å²) in [6.45, 7) is 4.88. The van der Waals surface area contributed by atoms with Crippen molar-refractivity contribution in [1.29, 1.82) is 0 Å². The van der Waals surface area contributed by atoms with Gasteiger partial charge in [0.15, 0.2) is 0 Å². The smallest absolute Gasteiger partial charge is 0.137 e. The molecule has 1 aromatic rings. The van der Waals surface area contributed by atoms with Crippen molar-refractivity contribution in [3.63, 3.8) is 0 Å². The number of nitrogens with one attached hydrogen (secondary N) is 1. The molecule has 0 saturated carbocycles. The van der Waals surface area contributed by atoms with Crippen LogP contribution in [0.3, 0.4) is 0 Å². The van der Waals surface area contributed by atoms with Gasteiger partial charge < -0.3 is 5.32 Å². The highest BCUT2D eigenvalue weighted by Gasteiger charge is 2.34. The van der Waals surface area contributed by atoms with Crippen molar-refractivity contribution in [3.05, 3.63) is 29.3 Å². The van der Waals surface area contributed by atoms with Gasteiger partial charge in [-0.15, -0.1) is 11.8 Å². The summed E-state index contributed by atoms with van der Waals surface area (Å²) in [6, 6.07) is 2.35. The van der Waals surface area contributed by atoms with Gasteiger partial charge in [0, 0.05) is 16.9 Å². The molecule has 2 unspecified atom stereocenters. The predicted octanol–water partition coefficient (Wildman–Crippen LogP) is 3.50. The minimum Gasteiger partial charge on any atom is -0.309 e. The average molecular weight is 243 g/mol. The van der Waals surface area contributed by atoms with E-state index in [0.29, 0.717) is 10.5 Å². The lowest BCUT2D eigenvalue weighted by Crippen LogP contribution is -2.27. The zero-order valence-corrected chi connectivity index (χ0v) is 10.2. The number of benzene rings is 1. The third-order valence-corrected chi connectivity index (χ3v) is 4.09. The Hall–Kier alpha value is -0.610. The summed E-state index contributed by atoms with van der Waals surface area (Å²) in [7, 11) is 0. The van der Waals surface area contributed by atoms with Crippen molar-refractivity contribution < 1.29 is 8.78 Å². The second kappa shape index (κ2) is 4.72. The lowest BCUT2D eigenvalue weighted by Gasteiger charge is -2.17. The van der Waals surface area contributed by atoms with Gasteiger partial charge >= 0.3 is 0 Å². The van der Waals surface area contributed by atoms with Crippen LogP contribution in [0.2, 0.25) is 0 Å². The maximum Gasteiger partial charge on any atom is 0.137 e. The Bertz CT molecular complexity index is 395. The lowest BCUT2D eigenvalue weighted by molar-refractivity contribution is 0.489. The van der Waals surface area contributed by atoms with E-state index in [1.807, 2.05) is 6.92 Å². The van der Waals surface area contributed by atoms with Crippen molar-refractivity contribution in [3.8, 4) is 0 Å². The van der Waals surface area contributed by atoms with E-state index in [4.69, 9.17) is 0 Å². The van der Waals surface area contributed by atoms with Crippen LogP contribution in [0.5, 0.6) is 0 Å². The topological polar surface area (TPSA) is 12.0 Å². The molecule has 0 aliphatic carbocycles. The molecule has 2 rings (SSSR count). The van der Waals surface area contributed by atoms with Gasteiger partial charge in [-0.1, -0.05) is 13.8 Å². The molecule has 0 aromatic heterocycles. The Morgan fingerprint density at radius 3 is 2.69 bits per heavy atom. The van der Waals surface area contributed by atoms with Gasteiger partial charge in [-0.2, -0.15) is 0 Å². The molecule has 1 aliphatic heterocycles. The number of fused-ring (bicyclic) bond motifs is 1. The van der Waals surface area contributed by atoms with E-state index in [2.05, 4.69) is 12.2 Å². The van der Waals surface area contributed by atoms with Gasteiger partial charge in [0.2, 0.25) is 0 Å². The molecule has 0 fully saturated rings. The highest BCUT2D eigenvalue weighted by atomic mass is 32.2. The van der Waals surface area contributed by atoms with E-state index in [0.717, 1.165) is 13.0 Å². The van der Waals surface area contributed by atoms with Crippen molar-refractivity contribution in [1.82, 2.24) is 5.32 Å². The molecule has 88 valence electrons. The molecule has 0 radical (unpaired) electrons. The van der Waals surface area contributed by atoms with E-state index in [-0.39, 0.29) is 22.9 Å². The summed E-state index contributed by atoms with van der Waals surface area (Å²) in [5.74, 6) is -0.615. The standard InChI is InChI=1S/C12H15F2NS/c1-3-6-15-11-7(2)16-12-9(14)5-4-8(13)10(11)12/h4-5,7,11,15H,3,6H2,1-2H3. The van der Waals surface area contributed by atoms with E-state index in [1.54, 1.807) is 0 Å². The SMILES string of the molecule is CCCNC1c2c(F)ccc(F)c2SC1C. The quantitative estimate of drug-likeness (QED) is 0.872. The van der Waals surface area contributed by atoms with Gasteiger partial charge in [0.25, 0.3) is 0 Å². The molecular formula is C12H15F2NS. The van der Waals surface area contributed by atoms with Crippen LogP contribution in [0.4, 0.5) is 8.78 Å².